The summed E-state index contributed by atoms with van der Waals surface area (Å²) in [4.78, 5) is 0. The Morgan fingerprint density at radius 1 is 1.20 bits per heavy atom. The molecule has 2 nitrogen and oxygen atoms in total. The third-order valence-electron chi connectivity index (χ3n) is 3.24. The Morgan fingerprint density at radius 2 is 1.95 bits per heavy atom. The van der Waals surface area contributed by atoms with Crippen molar-refractivity contribution >= 4 is 11.6 Å². The first-order valence-electron chi connectivity index (χ1n) is 6.42. The lowest BCUT2D eigenvalue weighted by Gasteiger charge is -2.14. The van der Waals surface area contributed by atoms with Gasteiger partial charge in [0.2, 0.25) is 0 Å². The highest BCUT2D eigenvalue weighted by molar-refractivity contribution is 6.31. The third-order valence-corrected chi connectivity index (χ3v) is 3.56. The average Bonchev–Trinajstić information content (AvgIpc) is 2.41. The Kier molecular flexibility index (Phi) is 4.63. The summed E-state index contributed by atoms with van der Waals surface area (Å²) in [6.07, 6.45) is 0. The van der Waals surface area contributed by atoms with Gasteiger partial charge in [0, 0.05) is 11.1 Å². The first-order chi connectivity index (χ1) is 9.51. The topological polar surface area (TPSA) is 21.3 Å². The molecule has 0 saturated carbocycles. The van der Waals surface area contributed by atoms with Crippen molar-refractivity contribution in [2.75, 3.05) is 7.05 Å². The summed E-state index contributed by atoms with van der Waals surface area (Å²) >= 11 is 6.25. The minimum atomic E-state index is -0.272. The molecule has 2 rings (SSSR count). The van der Waals surface area contributed by atoms with Crippen molar-refractivity contribution in [3.63, 3.8) is 0 Å². The first-order valence-corrected chi connectivity index (χ1v) is 6.79. The number of nitrogens with one attached hydrogen (secondary N) is 1. The van der Waals surface area contributed by atoms with Crippen LogP contribution in [-0.2, 0) is 0 Å². The second-order valence-electron chi connectivity index (χ2n) is 4.71. The smallest absolute Gasteiger partial charge is 0.130 e. The molecule has 0 radical (unpaired) electrons. The molecule has 1 unspecified atom stereocenters. The Morgan fingerprint density at radius 3 is 2.55 bits per heavy atom. The van der Waals surface area contributed by atoms with E-state index in [2.05, 4.69) is 5.32 Å². The van der Waals surface area contributed by atoms with E-state index in [1.807, 2.05) is 26.1 Å². The van der Waals surface area contributed by atoms with Crippen molar-refractivity contribution < 1.29 is 9.13 Å². The second-order valence-corrected chi connectivity index (χ2v) is 5.11. The lowest BCUT2D eigenvalue weighted by molar-refractivity contribution is 0.476. The molecule has 0 aliphatic heterocycles. The molecular formula is C16H17ClFNO. The van der Waals surface area contributed by atoms with Gasteiger partial charge in [-0.15, -0.1) is 0 Å². The van der Waals surface area contributed by atoms with E-state index in [9.17, 15) is 4.39 Å². The van der Waals surface area contributed by atoms with E-state index in [-0.39, 0.29) is 11.9 Å². The molecular weight excluding hydrogens is 277 g/mol. The molecule has 2 aromatic carbocycles. The van der Waals surface area contributed by atoms with Gasteiger partial charge in [-0.25, -0.2) is 4.39 Å². The van der Waals surface area contributed by atoms with E-state index in [0.29, 0.717) is 16.5 Å². The van der Waals surface area contributed by atoms with Gasteiger partial charge in [-0.1, -0.05) is 17.7 Å². The standard InChI is InChI=1S/C16H17ClFNO/c1-10-8-12(18)4-7-16(10)20-13-5-6-14(11(2)19-3)15(17)9-13/h4-9,11,19H,1-3H3. The number of aryl methyl sites for hydroxylation is 1. The van der Waals surface area contributed by atoms with Crippen LogP contribution in [0.5, 0.6) is 11.5 Å². The van der Waals surface area contributed by atoms with Gasteiger partial charge >= 0.3 is 0 Å². The maximum atomic E-state index is 13.0. The molecule has 0 saturated heterocycles. The number of hydrogen-bond acceptors (Lipinski definition) is 2. The normalized spacial score (nSPS) is 12.2. The zero-order valence-corrected chi connectivity index (χ0v) is 12.5. The molecule has 0 spiro atoms. The largest absolute Gasteiger partial charge is 0.457 e. The summed E-state index contributed by atoms with van der Waals surface area (Å²) in [6, 6.07) is 10.2. The Bertz CT molecular complexity index is 615. The molecule has 20 heavy (non-hydrogen) atoms. The van der Waals surface area contributed by atoms with Crippen molar-refractivity contribution in [1.29, 1.82) is 0 Å². The maximum absolute atomic E-state index is 13.0. The lowest BCUT2D eigenvalue weighted by Crippen LogP contribution is -2.12. The monoisotopic (exact) mass is 293 g/mol. The van der Waals surface area contributed by atoms with Crippen molar-refractivity contribution in [3.05, 3.63) is 58.4 Å². The van der Waals surface area contributed by atoms with E-state index < -0.39 is 0 Å². The van der Waals surface area contributed by atoms with Gasteiger partial charge < -0.3 is 10.1 Å². The highest BCUT2D eigenvalue weighted by Crippen LogP contribution is 2.31. The number of halogens is 2. The molecule has 1 atom stereocenters. The molecule has 4 heteroatoms. The fraction of sp³-hybridized carbons (Fsp3) is 0.250. The summed E-state index contributed by atoms with van der Waals surface area (Å²) in [5.41, 5.74) is 1.76. The van der Waals surface area contributed by atoms with Crippen molar-refractivity contribution in [3.8, 4) is 11.5 Å². The van der Waals surface area contributed by atoms with Gasteiger partial charge in [0.25, 0.3) is 0 Å². The minimum absolute atomic E-state index is 0.170. The van der Waals surface area contributed by atoms with E-state index in [0.717, 1.165) is 11.1 Å². The van der Waals surface area contributed by atoms with Crippen LogP contribution >= 0.6 is 11.6 Å². The lowest BCUT2D eigenvalue weighted by atomic mass is 10.1. The van der Waals surface area contributed by atoms with Crippen LogP contribution in [0.15, 0.2) is 36.4 Å². The van der Waals surface area contributed by atoms with Crippen LogP contribution in [0, 0.1) is 12.7 Å². The summed E-state index contributed by atoms with van der Waals surface area (Å²) in [6.45, 7) is 3.84. The molecule has 106 valence electrons. The molecule has 0 aliphatic rings. The number of ether oxygens (including phenoxy) is 1. The van der Waals surface area contributed by atoms with Crippen LogP contribution in [0.2, 0.25) is 5.02 Å². The number of hydrogen-bond donors (Lipinski definition) is 1. The van der Waals surface area contributed by atoms with Crippen molar-refractivity contribution in [2.24, 2.45) is 0 Å². The Labute approximate surface area is 123 Å². The van der Waals surface area contributed by atoms with Crippen LogP contribution in [0.25, 0.3) is 0 Å². The molecule has 1 N–H and O–H groups in total. The molecule has 0 bridgehead atoms. The Hall–Kier alpha value is -1.58. The van der Waals surface area contributed by atoms with Gasteiger partial charge in [0.05, 0.1) is 0 Å². The summed E-state index contributed by atoms with van der Waals surface area (Å²) in [5.74, 6) is 0.986. The van der Waals surface area contributed by atoms with Gasteiger partial charge in [0.1, 0.15) is 17.3 Å². The highest BCUT2D eigenvalue weighted by Gasteiger charge is 2.10. The minimum Gasteiger partial charge on any atom is -0.457 e. The van der Waals surface area contributed by atoms with Crippen LogP contribution < -0.4 is 10.1 Å². The van der Waals surface area contributed by atoms with Crippen LogP contribution in [0.3, 0.4) is 0 Å². The van der Waals surface area contributed by atoms with Gasteiger partial charge in [-0.3, -0.25) is 0 Å². The zero-order valence-electron chi connectivity index (χ0n) is 11.7. The molecule has 0 fully saturated rings. The summed E-state index contributed by atoms with van der Waals surface area (Å²) in [7, 11) is 1.88. The fourth-order valence-electron chi connectivity index (χ4n) is 1.93. The average molecular weight is 294 g/mol. The highest BCUT2D eigenvalue weighted by atomic mass is 35.5. The van der Waals surface area contributed by atoms with Crippen molar-refractivity contribution in [2.45, 2.75) is 19.9 Å². The fourth-order valence-corrected chi connectivity index (χ4v) is 2.27. The van der Waals surface area contributed by atoms with E-state index >= 15 is 0 Å². The Balaban J connectivity index is 2.24. The number of benzene rings is 2. The van der Waals surface area contributed by atoms with Crippen LogP contribution in [0.1, 0.15) is 24.1 Å². The quantitative estimate of drug-likeness (QED) is 0.869. The molecule has 0 aliphatic carbocycles. The second kappa shape index (κ2) is 6.25. The number of rotatable bonds is 4. The molecule has 0 heterocycles. The van der Waals surface area contributed by atoms with E-state index in [4.69, 9.17) is 16.3 Å². The van der Waals surface area contributed by atoms with Crippen LogP contribution in [0.4, 0.5) is 4.39 Å². The molecule has 0 aromatic heterocycles. The van der Waals surface area contributed by atoms with Gasteiger partial charge in [-0.2, -0.15) is 0 Å². The molecule has 0 amide bonds. The summed E-state index contributed by atoms with van der Waals surface area (Å²) in [5, 5.41) is 3.78. The zero-order chi connectivity index (χ0) is 14.7. The van der Waals surface area contributed by atoms with Gasteiger partial charge in [0.15, 0.2) is 0 Å². The van der Waals surface area contributed by atoms with E-state index in [1.165, 1.54) is 12.1 Å². The van der Waals surface area contributed by atoms with E-state index in [1.54, 1.807) is 19.1 Å². The maximum Gasteiger partial charge on any atom is 0.130 e. The third kappa shape index (κ3) is 3.30. The van der Waals surface area contributed by atoms with Crippen molar-refractivity contribution in [1.82, 2.24) is 5.32 Å². The predicted octanol–water partition coefficient (Wildman–Crippen LogP) is 4.86. The first kappa shape index (κ1) is 14.8. The van der Waals surface area contributed by atoms with Crippen LogP contribution in [-0.4, -0.2) is 7.05 Å². The van der Waals surface area contributed by atoms with Gasteiger partial charge in [-0.05, 0) is 62.4 Å². The SMILES string of the molecule is CNC(C)c1ccc(Oc2ccc(F)cc2C)cc1Cl. The molecule has 2 aromatic rings. The summed E-state index contributed by atoms with van der Waals surface area (Å²) < 4.78 is 18.8. The predicted molar refractivity (Wildman–Crippen MR) is 80.1 cm³/mol.